The lowest BCUT2D eigenvalue weighted by atomic mass is 10.1. The lowest BCUT2D eigenvalue weighted by Crippen LogP contribution is -2.35. The molecule has 4 rings (SSSR count). The number of carbonyl (C=O) groups excluding carboxylic acids is 4. The lowest BCUT2D eigenvalue weighted by Gasteiger charge is -2.21. The van der Waals surface area contributed by atoms with E-state index in [9.17, 15) is 19.2 Å². The maximum Gasteiger partial charge on any atom is 0.338 e. The van der Waals surface area contributed by atoms with Gasteiger partial charge in [-0.3, -0.25) is 14.4 Å². The number of hydrogen-bond acceptors (Lipinski definition) is 6. The van der Waals surface area contributed by atoms with Crippen LogP contribution in [0.15, 0.2) is 72.8 Å². The van der Waals surface area contributed by atoms with E-state index in [1.807, 2.05) is 12.1 Å². The Morgan fingerprint density at radius 2 is 1.63 bits per heavy atom. The zero-order chi connectivity index (χ0) is 24.9. The van der Waals surface area contributed by atoms with Gasteiger partial charge in [-0.2, -0.15) is 5.26 Å². The average Bonchev–Trinajstić information content (AvgIpc) is 3.13. The third-order valence-electron chi connectivity index (χ3n) is 5.62. The summed E-state index contributed by atoms with van der Waals surface area (Å²) in [7, 11) is 0. The fourth-order valence-corrected chi connectivity index (χ4v) is 3.86. The first-order chi connectivity index (χ1) is 16.9. The van der Waals surface area contributed by atoms with Crippen molar-refractivity contribution in [1.29, 1.82) is 5.26 Å². The first-order valence-corrected chi connectivity index (χ1v) is 10.9. The minimum absolute atomic E-state index is 0.0487. The molecule has 1 aliphatic rings. The molecule has 0 spiro atoms. The van der Waals surface area contributed by atoms with Crippen molar-refractivity contribution in [3.05, 3.63) is 95.1 Å². The Kier molecular flexibility index (Phi) is 6.69. The van der Waals surface area contributed by atoms with Crippen LogP contribution in [0.1, 0.15) is 43.1 Å². The third kappa shape index (κ3) is 4.66. The van der Waals surface area contributed by atoms with Crippen LogP contribution < -0.4 is 9.80 Å². The van der Waals surface area contributed by atoms with E-state index in [0.29, 0.717) is 11.4 Å². The minimum Gasteiger partial charge on any atom is -0.452 e. The summed E-state index contributed by atoms with van der Waals surface area (Å²) in [6.07, 6.45) is 0.118. The number of para-hydroxylation sites is 2. The Morgan fingerprint density at radius 3 is 2.34 bits per heavy atom. The van der Waals surface area contributed by atoms with Crippen LogP contribution in [0.25, 0.3) is 0 Å². The topological polar surface area (TPSA) is 108 Å². The molecule has 8 nitrogen and oxygen atoms in total. The Labute approximate surface area is 201 Å². The predicted octanol–water partition coefficient (Wildman–Crippen LogP) is 3.90. The van der Waals surface area contributed by atoms with Crippen molar-refractivity contribution in [2.75, 3.05) is 23.0 Å². The second kappa shape index (κ2) is 10.0. The van der Waals surface area contributed by atoms with Crippen LogP contribution in [0.5, 0.6) is 0 Å². The van der Waals surface area contributed by atoms with Gasteiger partial charge in [0.25, 0.3) is 17.7 Å². The number of ether oxygens (including phenoxy) is 1. The first-order valence-electron chi connectivity index (χ1n) is 10.9. The minimum atomic E-state index is -0.802. The average molecular weight is 467 g/mol. The molecule has 0 N–H and O–H groups in total. The number of amides is 3. The van der Waals surface area contributed by atoms with Crippen molar-refractivity contribution in [3.63, 3.8) is 0 Å². The van der Waals surface area contributed by atoms with Crippen LogP contribution in [-0.2, 0) is 9.53 Å². The fraction of sp³-hybridized carbons (Fsp3) is 0.148. The molecule has 0 bridgehead atoms. The molecule has 0 radical (unpaired) electrons. The molecule has 1 aliphatic heterocycles. The molecule has 0 saturated heterocycles. The third-order valence-corrected chi connectivity index (χ3v) is 5.62. The van der Waals surface area contributed by atoms with Gasteiger partial charge in [-0.1, -0.05) is 36.4 Å². The Hall–Kier alpha value is -4.77. The number of hydrogen-bond donors (Lipinski definition) is 0. The maximum absolute atomic E-state index is 13.0. The van der Waals surface area contributed by atoms with Crippen LogP contribution >= 0.6 is 0 Å². The molecule has 174 valence electrons. The van der Waals surface area contributed by atoms with E-state index in [2.05, 4.69) is 0 Å². The summed E-state index contributed by atoms with van der Waals surface area (Å²) in [6, 6.07) is 21.9. The van der Waals surface area contributed by atoms with Crippen LogP contribution in [-0.4, -0.2) is 36.8 Å². The largest absolute Gasteiger partial charge is 0.452 e. The van der Waals surface area contributed by atoms with E-state index in [4.69, 9.17) is 10.00 Å². The zero-order valence-electron chi connectivity index (χ0n) is 18.9. The number of rotatable bonds is 7. The molecule has 1 heterocycles. The van der Waals surface area contributed by atoms with Gasteiger partial charge in [-0.15, -0.1) is 0 Å². The molecule has 0 aromatic heterocycles. The molecule has 3 amide bonds. The van der Waals surface area contributed by atoms with Crippen molar-refractivity contribution < 1.29 is 23.9 Å². The summed E-state index contributed by atoms with van der Waals surface area (Å²) >= 11 is 0. The van der Waals surface area contributed by atoms with Gasteiger partial charge in [-0.25, -0.2) is 9.69 Å². The Balaban J connectivity index is 1.49. The molecule has 3 aromatic rings. The smallest absolute Gasteiger partial charge is 0.338 e. The van der Waals surface area contributed by atoms with Gasteiger partial charge >= 0.3 is 5.97 Å². The van der Waals surface area contributed by atoms with E-state index in [1.54, 1.807) is 55.5 Å². The van der Waals surface area contributed by atoms with Gasteiger partial charge in [-0.05, 0) is 48.9 Å². The molecule has 35 heavy (non-hydrogen) atoms. The molecule has 0 aliphatic carbocycles. The summed E-state index contributed by atoms with van der Waals surface area (Å²) in [5.74, 6) is -2.29. The number of aryl methyl sites for hydroxylation is 1. The summed E-state index contributed by atoms with van der Waals surface area (Å²) < 4.78 is 5.20. The van der Waals surface area contributed by atoms with Crippen LogP contribution in [0.4, 0.5) is 11.4 Å². The molecule has 0 atom stereocenters. The standard InChI is InChI=1S/C27H21N3O5/c1-18-8-5-6-11-23(18)30-25(32)21-13-12-19(16-22(21)26(30)33)27(34)35-17-24(31)29(15-7-14-28)20-9-3-2-4-10-20/h2-6,8-13,16H,7,15,17H2,1H3. The number of nitriles is 1. The normalized spacial score (nSPS) is 12.2. The van der Waals surface area contributed by atoms with Crippen LogP contribution in [0, 0.1) is 18.3 Å². The molecule has 3 aromatic carbocycles. The van der Waals surface area contributed by atoms with Crippen LogP contribution in [0.2, 0.25) is 0 Å². The summed E-state index contributed by atoms with van der Waals surface area (Å²) in [4.78, 5) is 53.7. The lowest BCUT2D eigenvalue weighted by molar-refractivity contribution is -0.121. The van der Waals surface area contributed by atoms with Gasteiger partial charge in [0.15, 0.2) is 6.61 Å². The second-order valence-corrected chi connectivity index (χ2v) is 7.86. The summed E-state index contributed by atoms with van der Waals surface area (Å²) in [5, 5.41) is 8.91. The SMILES string of the molecule is Cc1ccccc1N1C(=O)c2ccc(C(=O)OCC(=O)N(CCC#N)c3ccccc3)cc2C1=O. The number of benzene rings is 3. The van der Waals surface area contributed by atoms with E-state index in [-0.39, 0.29) is 29.7 Å². The Bertz CT molecular complexity index is 1360. The number of nitrogens with zero attached hydrogens (tertiary/aromatic N) is 3. The first kappa shape index (κ1) is 23.4. The van der Waals surface area contributed by atoms with Crippen molar-refractivity contribution >= 4 is 35.1 Å². The quantitative estimate of drug-likeness (QED) is 0.385. The number of imide groups is 1. The summed E-state index contributed by atoms with van der Waals surface area (Å²) in [5.41, 5.74) is 2.16. The molecule has 8 heteroatoms. The molecule has 0 saturated carbocycles. The highest BCUT2D eigenvalue weighted by atomic mass is 16.5. The number of carbonyl (C=O) groups is 4. The maximum atomic E-state index is 13.0. The van der Waals surface area contributed by atoms with Crippen molar-refractivity contribution in [3.8, 4) is 6.07 Å². The van der Waals surface area contributed by atoms with Gasteiger partial charge in [0, 0.05) is 12.2 Å². The van der Waals surface area contributed by atoms with Crippen LogP contribution in [0.3, 0.4) is 0 Å². The van der Waals surface area contributed by atoms with E-state index >= 15 is 0 Å². The molecular formula is C27H21N3O5. The number of fused-ring (bicyclic) bond motifs is 1. The van der Waals surface area contributed by atoms with Gasteiger partial charge in [0.1, 0.15) is 0 Å². The highest BCUT2D eigenvalue weighted by Gasteiger charge is 2.37. The van der Waals surface area contributed by atoms with Crippen molar-refractivity contribution in [2.45, 2.75) is 13.3 Å². The molecule has 0 fully saturated rings. The number of esters is 1. The monoisotopic (exact) mass is 467 g/mol. The molecule has 0 unspecified atom stereocenters. The Morgan fingerprint density at radius 1 is 0.943 bits per heavy atom. The van der Waals surface area contributed by atoms with Crippen molar-refractivity contribution in [2.24, 2.45) is 0 Å². The summed E-state index contributed by atoms with van der Waals surface area (Å²) in [6.45, 7) is 1.41. The molecular weight excluding hydrogens is 446 g/mol. The second-order valence-electron chi connectivity index (χ2n) is 7.86. The van der Waals surface area contributed by atoms with E-state index < -0.39 is 30.3 Å². The highest BCUT2D eigenvalue weighted by molar-refractivity contribution is 6.35. The van der Waals surface area contributed by atoms with E-state index in [1.165, 1.54) is 23.1 Å². The fourth-order valence-electron chi connectivity index (χ4n) is 3.86. The predicted molar refractivity (Wildman–Crippen MR) is 128 cm³/mol. The zero-order valence-corrected chi connectivity index (χ0v) is 18.9. The van der Waals surface area contributed by atoms with Gasteiger partial charge in [0.05, 0.1) is 34.9 Å². The number of anilines is 2. The highest BCUT2D eigenvalue weighted by Crippen LogP contribution is 2.31. The van der Waals surface area contributed by atoms with Gasteiger partial charge in [0.2, 0.25) is 0 Å². The van der Waals surface area contributed by atoms with Crippen molar-refractivity contribution in [1.82, 2.24) is 0 Å². The van der Waals surface area contributed by atoms with Gasteiger partial charge < -0.3 is 9.64 Å². The van der Waals surface area contributed by atoms with E-state index in [0.717, 1.165) is 10.5 Å².